The number of nitrogens with two attached hydrogens (primary N) is 1. The maximum Gasteiger partial charge on any atom is 0.139 e. The van der Waals surface area contributed by atoms with Crippen LogP contribution in [0.2, 0.25) is 0 Å². The van der Waals surface area contributed by atoms with Gasteiger partial charge >= 0.3 is 0 Å². The summed E-state index contributed by atoms with van der Waals surface area (Å²) in [5, 5.41) is 0. The van der Waals surface area contributed by atoms with Crippen LogP contribution < -0.4 is 10.6 Å². The molecule has 2 rings (SSSR count). The quantitative estimate of drug-likeness (QED) is 0.856. The van der Waals surface area contributed by atoms with E-state index in [4.69, 9.17) is 22.7 Å². The number of ether oxygens (including phenoxy) is 1. The van der Waals surface area contributed by atoms with Crippen LogP contribution in [-0.4, -0.2) is 36.3 Å². The summed E-state index contributed by atoms with van der Waals surface area (Å²) in [6.07, 6.45) is 3.13. The lowest BCUT2D eigenvalue weighted by atomic mass is 9.95. The molecule has 1 fully saturated rings. The van der Waals surface area contributed by atoms with Crippen LogP contribution in [0.4, 0.5) is 5.82 Å². The molecule has 2 N–H and O–H groups in total. The number of aryl methyl sites for hydroxylation is 1. The number of pyridine rings is 1. The monoisotopic (exact) mass is 279 g/mol. The van der Waals surface area contributed by atoms with Crippen LogP contribution in [0.1, 0.15) is 24.5 Å². The lowest BCUT2D eigenvalue weighted by Gasteiger charge is -2.37. The molecule has 0 amide bonds. The minimum atomic E-state index is 0.232. The summed E-state index contributed by atoms with van der Waals surface area (Å²) >= 11 is 5.17. The van der Waals surface area contributed by atoms with Crippen molar-refractivity contribution in [3.05, 3.63) is 23.4 Å². The van der Waals surface area contributed by atoms with Gasteiger partial charge in [-0.2, -0.15) is 0 Å². The fourth-order valence-corrected chi connectivity index (χ4v) is 2.87. The van der Waals surface area contributed by atoms with E-state index in [1.54, 1.807) is 7.11 Å². The second-order valence-electron chi connectivity index (χ2n) is 5.18. The first-order chi connectivity index (χ1) is 9.04. The first-order valence-corrected chi connectivity index (χ1v) is 6.98. The molecule has 1 aliphatic heterocycles. The third-order valence-electron chi connectivity index (χ3n) is 3.88. The second-order valence-corrected chi connectivity index (χ2v) is 5.62. The molecular weight excluding hydrogens is 258 g/mol. The van der Waals surface area contributed by atoms with Crippen LogP contribution in [0, 0.1) is 12.8 Å². The van der Waals surface area contributed by atoms with Crippen LogP contribution in [0.3, 0.4) is 0 Å². The van der Waals surface area contributed by atoms with E-state index in [0.717, 1.165) is 36.5 Å². The number of aromatic nitrogens is 1. The van der Waals surface area contributed by atoms with Crippen molar-refractivity contribution in [2.24, 2.45) is 11.7 Å². The summed E-state index contributed by atoms with van der Waals surface area (Å²) in [4.78, 5) is 7.12. The minimum absolute atomic E-state index is 0.232. The summed E-state index contributed by atoms with van der Waals surface area (Å²) < 4.78 is 5.55. The van der Waals surface area contributed by atoms with Gasteiger partial charge in [0.2, 0.25) is 0 Å². The van der Waals surface area contributed by atoms with Gasteiger partial charge in [0.25, 0.3) is 0 Å². The Morgan fingerprint density at radius 3 is 2.95 bits per heavy atom. The number of rotatable bonds is 3. The number of thiocarbonyl (C=S) groups is 1. The molecule has 1 aromatic rings. The Morgan fingerprint density at radius 1 is 1.58 bits per heavy atom. The van der Waals surface area contributed by atoms with Gasteiger partial charge in [0.15, 0.2) is 0 Å². The Hall–Kier alpha value is -1.20. The largest absolute Gasteiger partial charge is 0.389 e. The number of piperidine rings is 1. The van der Waals surface area contributed by atoms with Crippen molar-refractivity contribution in [3.8, 4) is 0 Å². The number of nitrogens with zero attached hydrogens (tertiary/aromatic N) is 2. The molecule has 5 heteroatoms. The van der Waals surface area contributed by atoms with Crippen molar-refractivity contribution in [3.63, 3.8) is 0 Å². The van der Waals surface area contributed by atoms with Crippen LogP contribution in [0.25, 0.3) is 0 Å². The van der Waals surface area contributed by atoms with Gasteiger partial charge in [0, 0.05) is 26.4 Å². The highest BCUT2D eigenvalue weighted by atomic mass is 32.1. The topological polar surface area (TPSA) is 51.4 Å². The molecule has 0 radical (unpaired) electrons. The first kappa shape index (κ1) is 14.2. The predicted molar refractivity (Wildman–Crippen MR) is 81.7 cm³/mol. The van der Waals surface area contributed by atoms with Crippen molar-refractivity contribution in [1.29, 1.82) is 0 Å². The zero-order valence-corrected chi connectivity index (χ0v) is 12.5. The Kier molecular flexibility index (Phi) is 4.37. The van der Waals surface area contributed by atoms with Crippen LogP contribution >= 0.6 is 12.2 Å². The SMILES string of the molecule is COC1CN(c2nccc(C)c2C(N)=S)CCC1C. The first-order valence-electron chi connectivity index (χ1n) is 6.57. The minimum Gasteiger partial charge on any atom is -0.389 e. The maximum atomic E-state index is 5.85. The molecule has 1 aliphatic rings. The summed E-state index contributed by atoms with van der Waals surface area (Å²) in [5.41, 5.74) is 7.81. The van der Waals surface area contributed by atoms with Crippen LogP contribution in [0.5, 0.6) is 0 Å². The molecular formula is C14H21N3OS. The maximum absolute atomic E-state index is 5.85. The molecule has 19 heavy (non-hydrogen) atoms. The molecule has 2 atom stereocenters. The van der Waals surface area contributed by atoms with E-state index in [2.05, 4.69) is 16.8 Å². The molecule has 0 saturated carbocycles. The molecule has 2 unspecified atom stereocenters. The fourth-order valence-electron chi connectivity index (χ4n) is 2.62. The number of methoxy groups -OCH3 is 1. The van der Waals surface area contributed by atoms with Gasteiger partial charge in [-0.05, 0) is 30.9 Å². The van der Waals surface area contributed by atoms with Crippen molar-refractivity contribution in [1.82, 2.24) is 4.98 Å². The van der Waals surface area contributed by atoms with Gasteiger partial charge in [-0.1, -0.05) is 19.1 Å². The zero-order chi connectivity index (χ0) is 14.0. The van der Waals surface area contributed by atoms with Crippen molar-refractivity contribution < 1.29 is 4.74 Å². The Morgan fingerprint density at radius 2 is 2.32 bits per heavy atom. The molecule has 1 aromatic heterocycles. The van der Waals surface area contributed by atoms with Gasteiger partial charge in [-0.15, -0.1) is 0 Å². The summed E-state index contributed by atoms with van der Waals surface area (Å²) in [6.45, 7) is 6.04. The molecule has 2 heterocycles. The third-order valence-corrected chi connectivity index (χ3v) is 4.08. The van der Waals surface area contributed by atoms with E-state index >= 15 is 0 Å². The second kappa shape index (κ2) is 5.84. The normalized spacial score (nSPS) is 23.4. The molecule has 4 nitrogen and oxygen atoms in total. The molecule has 1 saturated heterocycles. The van der Waals surface area contributed by atoms with E-state index < -0.39 is 0 Å². The van der Waals surface area contributed by atoms with E-state index in [9.17, 15) is 0 Å². The molecule has 0 aliphatic carbocycles. The van der Waals surface area contributed by atoms with Crippen molar-refractivity contribution in [2.75, 3.05) is 25.1 Å². The van der Waals surface area contributed by atoms with Crippen molar-refractivity contribution in [2.45, 2.75) is 26.4 Å². The smallest absolute Gasteiger partial charge is 0.139 e. The van der Waals surface area contributed by atoms with E-state index in [1.165, 1.54) is 0 Å². The molecule has 0 bridgehead atoms. The van der Waals surface area contributed by atoms with Gasteiger partial charge < -0.3 is 15.4 Å². The van der Waals surface area contributed by atoms with Gasteiger partial charge in [-0.3, -0.25) is 0 Å². The highest BCUT2D eigenvalue weighted by Gasteiger charge is 2.28. The van der Waals surface area contributed by atoms with Crippen LogP contribution in [-0.2, 0) is 4.74 Å². The van der Waals surface area contributed by atoms with E-state index in [-0.39, 0.29) is 6.10 Å². The number of hydrogen-bond donors (Lipinski definition) is 1. The van der Waals surface area contributed by atoms with E-state index in [1.807, 2.05) is 19.2 Å². The standard InChI is InChI=1S/C14H21N3OS/c1-9-5-7-17(8-11(9)18-3)14-12(13(15)19)10(2)4-6-16-14/h4,6,9,11H,5,7-8H2,1-3H3,(H2,15,19). The number of anilines is 1. The molecule has 0 spiro atoms. The zero-order valence-electron chi connectivity index (χ0n) is 11.7. The van der Waals surface area contributed by atoms with E-state index in [0.29, 0.717) is 10.9 Å². The van der Waals surface area contributed by atoms with Gasteiger partial charge in [0.1, 0.15) is 10.8 Å². The van der Waals surface area contributed by atoms with Crippen molar-refractivity contribution >= 4 is 23.0 Å². The highest BCUT2D eigenvalue weighted by molar-refractivity contribution is 7.80. The Bertz CT molecular complexity index is 478. The van der Waals surface area contributed by atoms with Gasteiger partial charge in [0.05, 0.1) is 11.7 Å². The average molecular weight is 279 g/mol. The summed E-state index contributed by atoms with van der Waals surface area (Å²) in [5.74, 6) is 1.46. The van der Waals surface area contributed by atoms with Gasteiger partial charge in [-0.25, -0.2) is 4.98 Å². The lowest BCUT2D eigenvalue weighted by Crippen LogP contribution is -2.45. The summed E-state index contributed by atoms with van der Waals surface area (Å²) in [7, 11) is 1.77. The lowest BCUT2D eigenvalue weighted by molar-refractivity contribution is 0.0496. The Labute approximate surface area is 120 Å². The average Bonchev–Trinajstić information content (AvgIpc) is 2.38. The predicted octanol–water partition coefficient (Wildman–Crippen LogP) is 1.89. The highest BCUT2D eigenvalue weighted by Crippen LogP contribution is 2.27. The molecule has 0 aromatic carbocycles. The summed E-state index contributed by atoms with van der Waals surface area (Å²) in [6, 6.07) is 1.94. The molecule has 104 valence electrons. The fraction of sp³-hybridized carbons (Fsp3) is 0.571. The number of hydrogen-bond acceptors (Lipinski definition) is 4. The third kappa shape index (κ3) is 2.87. The Balaban J connectivity index is 2.32. The van der Waals surface area contributed by atoms with Crippen LogP contribution in [0.15, 0.2) is 12.3 Å².